The van der Waals surface area contributed by atoms with Gasteiger partial charge < -0.3 is 15.0 Å². The Bertz CT molecular complexity index is 1440. The molecule has 35 heavy (non-hydrogen) atoms. The number of methoxy groups -OCH3 is 1. The Labute approximate surface area is 208 Å². The van der Waals surface area contributed by atoms with Gasteiger partial charge in [-0.2, -0.15) is 5.10 Å². The normalized spacial score (nSPS) is 11.1. The second kappa shape index (κ2) is 11.2. The van der Waals surface area contributed by atoms with E-state index in [-0.39, 0.29) is 11.5 Å². The minimum Gasteiger partial charge on any atom is -0.385 e. The van der Waals surface area contributed by atoms with Crippen LogP contribution in [0.3, 0.4) is 0 Å². The highest BCUT2D eigenvalue weighted by Gasteiger charge is 2.11. The van der Waals surface area contributed by atoms with Gasteiger partial charge in [-0.25, -0.2) is 4.68 Å². The number of benzene rings is 2. The second-order valence-electron chi connectivity index (χ2n) is 8.37. The molecule has 2 aromatic heterocycles. The fraction of sp³-hybridized carbons (Fsp3) is 0.308. The number of hydrogen-bond acceptors (Lipinski definition) is 5. The van der Waals surface area contributed by atoms with Crippen LogP contribution in [0.5, 0.6) is 0 Å². The molecule has 182 valence electrons. The van der Waals surface area contributed by atoms with Crippen LogP contribution in [0.25, 0.3) is 16.6 Å². The highest BCUT2D eigenvalue weighted by atomic mass is 32.1. The summed E-state index contributed by atoms with van der Waals surface area (Å²) < 4.78 is 8.80. The van der Waals surface area contributed by atoms with E-state index in [1.807, 2.05) is 48.1 Å². The van der Waals surface area contributed by atoms with Crippen LogP contribution in [0.15, 0.2) is 59.5 Å². The van der Waals surface area contributed by atoms with Gasteiger partial charge in [0, 0.05) is 38.6 Å². The molecule has 4 rings (SSSR count). The first-order chi connectivity index (χ1) is 17.0. The van der Waals surface area contributed by atoms with Crippen molar-refractivity contribution in [2.75, 3.05) is 20.3 Å². The number of aryl methyl sites for hydroxylation is 2. The lowest BCUT2D eigenvalue weighted by Crippen LogP contribution is -2.26. The number of aromatic nitrogens is 4. The third kappa shape index (κ3) is 5.75. The number of carbonyl (C=O) groups is 1. The molecule has 9 heteroatoms. The number of hydrogen-bond donors (Lipinski definition) is 2. The zero-order chi connectivity index (χ0) is 24.8. The molecule has 4 aromatic rings. The molecule has 0 saturated heterocycles. The summed E-state index contributed by atoms with van der Waals surface area (Å²) in [7, 11) is 1.62. The molecular formula is C26H29N5O3S. The van der Waals surface area contributed by atoms with Crippen LogP contribution in [0.1, 0.15) is 34.5 Å². The zero-order valence-corrected chi connectivity index (χ0v) is 20.7. The van der Waals surface area contributed by atoms with E-state index in [1.165, 1.54) is 4.57 Å². The number of nitrogens with one attached hydrogen (secondary N) is 2. The van der Waals surface area contributed by atoms with Gasteiger partial charge in [0.15, 0.2) is 4.77 Å². The van der Waals surface area contributed by atoms with Crippen molar-refractivity contribution in [2.24, 2.45) is 0 Å². The predicted molar refractivity (Wildman–Crippen MR) is 139 cm³/mol. The average Bonchev–Trinajstić information content (AvgIpc) is 3.24. The maximum atomic E-state index is 12.8. The lowest BCUT2D eigenvalue weighted by Gasteiger charge is -2.09. The molecule has 0 bridgehead atoms. The van der Waals surface area contributed by atoms with Gasteiger partial charge in [-0.05, 0) is 74.3 Å². The van der Waals surface area contributed by atoms with Crippen molar-refractivity contribution in [2.45, 2.75) is 32.7 Å². The molecule has 0 saturated carbocycles. The summed E-state index contributed by atoms with van der Waals surface area (Å²) in [6, 6.07) is 15.0. The summed E-state index contributed by atoms with van der Waals surface area (Å²) in [5.41, 5.74) is 4.03. The standard InChI is InChI=1S/C26H29N5O3S/c1-18-20(17-31(29-18)21-9-4-3-5-10-21)8-6-13-27-24(32)19-11-12-22-23(16-19)28-26(35)30(25(22)33)14-7-15-34-2/h3-5,9-12,16-17H,6-8,13-15H2,1-2H3,(H,27,32)(H,28,35). The molecular weight excluding hydrogens is 462 g/mol. The molecule has 0 fully saturated rings. The first-order valence-electron chi connectivity index (χ1n) is 11.6. The predicted octanol–water partition coefficient (Wildman–Crippen LogP) is 3.95. The van der Waals surface area contributed by atoms with Crippen molar-refractivity contribution in [3.05, 3.63) is 86.7 Å². The van der Waals surface area contributed by atoms with Gasteiger partial charge in [-0.15, -0.1) is 0 Å². The third-order valence-corrected chi connectivity index (χ3v) is 6.23. The van der Waals surface area contributed by atoms with E-state index in [1.54, 1.807) is 25.3 Å². The van der Waals surface area contributed by atoms with E-state index in [0.29, 0.717) is 47.4 Å². The summed E-state index contributed by atoms with van der Waals surface area (Å²) in [6.07, 6.45) is 4.33. The Morgan fingerprint density at radius 2 is 1.97 bits per heavy atom. The average molecular weight is 492 g/mol. The SMILES string of the molecule is COCCCn1c(=S)[nH]c2cc(C(=O)NCCCc3cn(-c4ccccc4)nc3C)ccc2c1=O. The van der Waals surface area contributed by atoms with Crippen molar-refractivity contribution < 1.29 is 9.53 Å². The van der Waals surface area contributed by atoms with E-state index in [2.05, 4.69) is 15.4 Å². The Kier molecular flexibility index (Phi) is 7.89. The van der Waals surface area contributed by atoms with Gasteiger partial charge in [-0.3, -0.25) is 14.2 Å². The van der Waals surface area contributed by atoms with Crippen LogP contribution in [0.4, 0.5) is 0 Å². The number of amides is 1. The molecule has 0 aliphatic rings. The zero-order valence-electron chi connectivity index (χ0n) is 19.9. The van der Waals surface area contributed by atoms with Crippen LogP contribution in [-0.2, 0) is 17.7 Å². The molecule has 2 heterocycles. The minimum absolute atomic E-state index is 0.168. The van der Waals surface area contributed by atoms with Gasteiger partial charge in [0.2, 0.25) is 0 Å². The molecule has 2 N–H and O–H groups in total. The Morgan fingerprint density at radius 1 is 1.17 bits per heavy atom. The molecule has 0 spiro atoms. The molecule has 2 aromatic carbocycles. The maximum Gasteiger partial charge on any atom is 0.262 e. The molecule has 0 aliphatic carbocycles. The first-order valence-corrected chi connectivity index (χ1v) is 12.0. The number of aromatic amines is 1. The maximum absolute atomic E-state index is 12.8. The highest BCUT2D eigenvalue weighted by Crippen LogP contribution is 2.14. The summed E-state index contributed by atoms with van der Waals surface area (Å²) in [4.78, 5) is 28.6. The molecule has 8 nitrogen and oxygen atoms in total. The quantitative estimate of drug-likeness (QED) is 0.259. The van der Waals surface area contributed by atoms with E-state index in [4.69, 9.17) is 17.0 Å². The van der Waals surface area contributed by atoms with Crippen LogP contribution in [-0.4, -0.2) is 45.5 Å². The smallest absolute Gasteiger partial charge is 0.262 e. The first kappa shape index (κ1) is 24.6. The van der Waals surface area contributed by atoms with E-state index in [0.717, 1.165) is 29.8 Å². The summed E-state index contributed by atoms with van der Waals surface area (Å²) in [5, 5.41) is 8.06. The lowest BCUT2D eigenvalue weighted by molar-refractivity contribution is 0.0953. The number of carbonyl (C=O) groups excluding carboxylic acids is 1. The van der Waals surface area contributed by atoms with Crippen molar-refractivity contribution in [1.82, 2.24) is 24.6 Å². The fourth-order valence-electron chi connectivity index (χ4n) is 4.00. The summed E-state index contributed by atoms with van der Waals surface area (Å²) >= 11 is 5.36. The molecule has 0 atom stereocenters. The molecule has 1 amide bonds. The Balaban J connectivity index is 1.37. The number of nitrogens with zero attached hydrogens (tertiary/aromatic N) is 3. The highest BCUT2D eigenvalue weighted by molar-refractivity contribution is 7.71. The number of ether oxygens (including phenoxy) is 1. The topological polar surface area (TPSA) is 93.9 Å². The largest absolute Gasteiger partial charge is 0.385 e. The lowest BCUT2D eigenvalue weighted by atomic mass is 10.1. The number of H-pyrrole nitrogens is 1. The number of fused-ring (bicyclic) bond motifs is 1. The second-order valence-corrected chi connectivity index (χ2v) is 8.76. The summed E-state index contributed by atoms with van der Waals surface area (Å²) in [6.45, 7) is 3.55. The van der Waals surface area contributed by atoms with Gasteiger partial charge in [-0.1, -0.05) is 18.2 Å². The van der Waals surface area contributed by atoms with Gasteiger partial charge in [0.1, 0.15) is 0 Å². The van der Waals surface area contributed by atoms with Crippen LogP contribution in [0, 0.1) is 11.7 Å². The van der Waals surface area contributed by atoms with Crippen molar-refractivity contribution in [3.8, 4) is 5.69 Å². The minimum atomic E-state index is -0.188. The van der Waals surface area contributed by atoms with Gasteiger partial charge >= 0.3 is 0 Å². The Morgan fingerprint density at radius 3 is 2.74 bits per heavy atom. The molecule has 0 aliphatic heterocycles. The fourth-order valence-corrected chi connectivity index (χ4v) is 4.29. The van der Waals surface area contributed by atoms with Crippen LogP contribution in [0.2, 0.25) is 0 Å². The summed E-state index contributed by atoms with van der Waals surface area (Å²) in [5.74, 6) is -0.188. The number of para-hydroxylation sites is 1. The van der Waals surface area contributed by atoms with Gasteiger partial charge in [0.05, 0.1) is 22.3 Å². The van der Waals surface area contributed by atoms with E-state index < -0.39 is 0 Å². The molecule has 0 unspecified atom stereocenters. The van der Waals surface area contributed by atoms with E-state index in [9.17, 15) is 9.59 Å². The monoisotopic (exact) mass is 491 g/mol. The van der Waals surface area contributed by atoms with Crippen molar-refractivity contribution in [3.63, 3.8) is 0 Å². The number of rotatable bonds is 10. The van der Waals surface area contributed by atoms with E-state index >= 15 is 0 Å². The van der Waals surface area contributed by atoms with Crippen molar-refractivity contribution >= 4 is 29.0 Å². The van der Waals surface area contributed by atoms with Crippen LogP contribution >= 0.6 is 12.2 Å². The third-order valence-electron chi connectivity index (χ3n) is 5.90. The van der Waals surface area contributed by atoms with Crippen molar-refractivity contribution in [1.29, 1.82) is 0 Å². The van der Waals surface area contributed by atoms with Crippen LogP contribution < -0.4 is 10.9 Å². The molecule has 0 radical (unpaired) electrons. The van der Waals surface area contributed by atoms with Gasteiger partial charge in [0.25, 0.3) is 11.5 Å². The Hall–Kier alpha value is -3.56.